The molecule has 0 radical (unpaired) electrons. The molecule has 2 fully saturated rings. The van der Waals surface area contributed by atoms with Crippen LogP contribution in [-0.4, -0.2) is 50.5 Å². The largest absolute Gasteiger partial charge is 0.299 e. The van der Waals surface area contributed by atoms with Crippen molar-refractivity contribution < 1.29 is 13.6 Å². The predicted molar refractivity (Wildman–Crippen MR) is 133 cm³/mol. The Kier molecular flexibility index (Phi) is 8.26. The molecule has 2 aromatic carbocycles. The highest BCUT2D eigenvalue weighted by Gasteiger charge is 2.28. The average Bonchev–Trinajstić information content (AvgIpc) is 3.66. The predicted octanol–water partition coefficient (Wildman–Crippen LogP) is 5.16. The van der Waals surface area contributed by atoms with Gasteiger partial charge in [0.2, 0.25) is 0 Å². The van der Waals surface area contributed by atoms with Crippen LogP contribution in [0.4, 0.5) is 14.5 Å². The number of nitrogens with one attached hydrogen (secondary N) is 1. The van der Waals surface area contributed by atoms with Gasteiger partial charge in [-0.25, -0.2) is 13.8 Å². The number of rotatable bonds is 11. The zero-order valence-corrected chi connectivity index (χ0v) is 19.3. The number of hydroxylamine groups is 1. The summed E-state index contributed by atoms with van der Waals surface area (Å²) in [6, 6.07) is 8.96. The summed E-state index contributed by atoms with van der Waals surface area (Å²) in [6.07, 6.45) is 5.52. The highest BCUT2D eigenvalue weighted by molar-refractivity contribution is 5.81. The molecule has 0 bridgehead atoms. The summed E-state index contributed by atoms with van der Waals surface area (Å²) in [7, 11) is 0. The molecule has 1 atom stereocenters. The van der Waals surface area contributed by atoms with E-state index in [1.165, 1.54) is 43.4 Å². The third-order valence-corrected chi connectivity index (χ3v) is 6.45. The standard InChI is InChI=1S/C26H31F2N5O/c1-29-17-31-25-21(13-23(28)14-24(25)20-4-3-5-22(27)12-20)15-33-10-8-19(9-11-33)26(30-2)32-34-16-18-6-7-18/h3-5,12-14,17-19,26,32H,1-2,6-11,15-16H2. The minimum absolute atomic E-state index is 0.131. The van der Waals surface area contributed by atoms with Crippen molar-refractivity contribution in [1.29, 1.82) is 0 Å². The number of benzene rings is 2. The van der Waals surface area contributed by atoms with Crippen LogP contribution < -0.4 is 5.48 Å². The fraction of sp³-hybridized carbons (Fsp3) is 0.423. The molecular formula is C26H31F2N5O. The molecule has 0 spiro atoms. The second-order valence-electron chi connectivity index (χ2n) is 9.01. The Morgan fingerprint density at radius 3 is 2.56 bits per heavy atom. The van der Waals surface area contributed by atoms with Crippen LogP contribution in [0.5, 0.6) is 0 Å². The first-order valence-corrected chi connectivity index (χ1v) is 11.7. The lowest BCUT2D eigenvalue weighted by molar-refractivity contribution is -0.0112. The summed E-state index contributed by atoms with van der Waals surface area (Å²) in [6.45, 7) is 10.1. The van der Waals surface area contributed by atoms with Crippen LogP contribution in [0.3, 0.4) is 0 Å². The molecule has 2 aliphatic rings. The Morgan fingerprint density at radius 2 is 1.88 bits per heavy atom. The molecule has 0 amide bonds. The first-order valence-electron chi connectivity index (χ1n) is 11.7. The lowest BCUT2D eigenvalue weighted by atomic mass is 9.93. The van der Waals surface area contributed by atoms with E-state index in [-0.39, 0.29) is 17.8 Å². The molecule has 180 valence electrons. The van der Waals surface area contributed by atoms with Crippen LogP contribution in [0.1, 0.15) is 31.2 Å². The molecule has 2 aromatic rings. The van der Waals surface area contributed by atoms with E-state index in [9.17, 15) is 8.78 Å². The van der Waals surface area contributed by atoms with Gasteiger partial charge in [-0.2, -0.15) is 5.48 Å². The van der Waals surface area contributed by atoms with Crippen LogP contribution in [0.25, 0.3) is 11.1 Å². The van der Waals surface area contributed by atoms with E-state index < -0.39 is 0 Å². The number of hydrogen-bond donors (Lipinski definition) is 1. The summed E-state index contributed by atoms with van der Waals surface area (Å²) in [5, 5.41) is 0. The average molecular weight is 468 g/mol. The molecule has 1 saturated heterocycles. The fourth-order valence-corrected chi connectivity index (χ4v) is 4.39. The normalized spacial score (nSPS) is 18.3. The Hall–Kier alpha value is -2.81. The van der Waals surface area contributed by atoms with Gasteiger partial charge in [0.15, 0.2) is 0 Å². The molecule has 8 heteroatoms. The van der Waals surface area contributed by atoms with Gasteiger partial charge in [-0.1, -0.05) is 12.1 Å². The maximum absolute atomic E-state index is 14.6. The van der Waals surface area contributed by atoms with Crippen molar-refractivity contribution in [3.8, 4) is 11.1 Å². The molecule has 6 nitrogen and oxygen atoms in total. The fourth-order valence-electron chi connectivity index (χ4n) is 4.39. The zero-order valence-electron chi connectivity index (χ0n) is 19.3. The van der Waals surface area contributed by atoms with E-state index in [1.807, 2.05) is 0 Å². The summed E-state index contributed by atoms with van der Waals surface area (Å²) >= 11 is 0. The molecule has 1 aliphatic heterocycles. The van der Waals surface area contributed by atoms with Gasteiger partial charge < -0.3 is 0 Å². The van der Waals surface area contributed by atoms with E-state index in [4.69, 9.17) is 4.84 Å². The lowest BCUT2D eigenvalue weighted by Crippen LogP contribution is -2.42. The highest BCUT2D eigenvalue weighted by Crippen LogP contribution is 2.36. The van der Waals surface area contributed by atoms with Crippen LogP contribution in [0.2, 0.25) is 0 Å². The van der Waals surface area contributed by atoms with E-state index >= 15 is 0 Å². The van der Waals surface area contributed by atoms with Crippen molar-refractivity contribution in [2.45, 2.75) is 38.4 Å². The summed E-state index contributed by atoms with van der Waals surface area (Å²) in [5.41, 5.74) is 5.47. The number of nitrogens with zero attached hydrogens (tertiary/aromatic N) is 4. The summed E-state index contributed by atoms with van der Waals surface area (Å²) in [4.78, 5) is 20.3. The first kappa shape index (κ1) is 24.3. The van der Waals surface area contributed by atoms with Gasteiger partial charge in [0, 0.05) is 12.1 Å². The Morgan fingerprint density at radius 1 is 1.09 bits per heavy atom. The first-order chi connectivity index (χ1) is 16.6. The van der Waals surface area contributed by atoms with Crippen molar-refractivity contribution in [2.24, 2.45) is 26.8 Å². The molecule has 1 heterocycles. The second-order valence-corrected chi connectivity index (χ2v) is 9.01. The molecule has 4 rings (SSSR count). The highest BCUT2D eigenvalue weighted by atomic mass is 19.1. The van der Waals surface area contributed by atoms with Gasteiger partial charge >= 0.3 is 0 Å². The van der Waals surface area contributed by atoms with Crippen LogP contribution in [-0.2, 0) is 11.4 Å². The van der Waals surface area contributed by atoms with E-state index in [0.717, 1.165) is 38.1 Å². The minimum atomic E-state index is -0.387. The lowest BCUT2D eigenvalue weighted by Gasteiger charge is -2.35. The van der Waals surface area contributed by atoms with Crippen LogP contribution in [0, 0.1) is 23.5 Å². The molecule has 1 N–H and O–H groups in total. The number of likely N-dealkylation sites (tertiary alicyclic amines) is 1. The topological polar surface area (TPSA) is 61.6 Å². The van der Waals surface area contributed by atoms with Crippen molar-refractivity contribution in [3.63, 3.8) is 0 Å². The maximum atomic E-state index is 14.6. The maximum Gasteiger partial charge on any atom is 0.124 e. The molecule has 1 unspecified atom stereocenters. The van der Waals surface area contributed by atoms with Gasteiger partial charge in [0.05, 0.1) is 12.3 Å². The third-order valence-electron chi connectivity index (χ3n) is 6.45. The van der Waals surface area contributed by atoms with Crippen molar-refractivity contribution in [1.82, 2.24) is 10.4 Å². The van der Waals surface area contributed by atoms with Gasteiger partial charge in [0.1, 0.15) is 24.1 Å². The Labute approximate surface area is 199 Å². The minimum Gasteiger partial charge on any atom is -0.299 e. The second kappa shape index (κ2) is 11.6. The van der Waals surface area contributed by atoms with Crippen LogP contribution in [0.15, 0.2) is 51.4 Å². The smallest absolute Gasteiger partial charge is 0.124 e. The molecule has 34 heavy (non-hydrogen) atoms. The monoisotopic (exact) mass is 467 g/mol. The SMILES string of the molecule is C=NC=Nc1c(CN2CCC(C(N=C)NOCC3CC3)CC2)cc(F)cc1-c1cccc(F)c1. The Balaban J connectivity index is 1.46. The third kappa shape index (κ3) is 6.40. The van der Waals surface area contributed by atoms with Gasteiger partial charge in [-0.3, -0.25) is 19.7 Å². The van der Waals surface area contributed by atoms with E-state index in [0.29, 0.717) is 35.2 Å². The van der Waals surface area contributed by atoms with Crippen molar-refractivity contribution in [2.75, 3.05) is 19.7 Å². The van der Waals surface area contributed by atoms with Crippen LogP contribution >= 0.6 is 0 Å². The van der Waals surface area contributed by atoms with E-state index in [2.05, 4.69) is 38.8 Å². The quantitative estimate of drug-likeness (QED) is 0.282. The number of piperidine rings is 1. The molecule has 0 aromatic heterocycles. The summed E-state index contributed by atoms with van der Waals surface area (Å²) in [5.74, 6) is 0.229. The molecular weight excluding hydrogens is 436 g/mol. The number of halogens is 2. The molecule has 1 aliphatic carbocycles. The number of aliphatic imine (C=N–C) groups is 3. The number of hydrogen-bond acceptors (Lipinski definition) is 5. The Bertz CT molecular complexity index is 1030. The van der Waals surface area contributed by atoms with Gasteiger partial charge in [-0.15, -0.1) is 0 Å². The van der Waals surface area contributed by atoms with Crippen molar-refractivity contribution in [3.05, 3.63) is 53.6 Å². The van der Waals surface area contributed by atoms with Gasteiger partial charge in [0.25, 0.3) is 0 Å². The van der Waals surface area contributed by atoms with Crippen molar-refractivity contribution >= 4 is 25.5 Å². The molecule has 1 saturated carbocycles. The van der Waals surface area contributed by atoms with Gasteiger partial charge in [-0.05, 0) is 99.4 Å². The van der Waals surface area contributed by atoms with E-state index in [1.54, 1.807) is 12.1 Å². The summed E-state index contributed by atoms with van der Waals surface area (Å²) < 4.78 is 28.5. The zero-order chi connectivity index (χ0) is 23.9.